The second-order valence-electron chi connectivity index (χ2n) is 3.64. The topological polar surface area (TPSA) is 94.8 Å². The van der Waals surface area contributed by atoms with Crippen molar-refractivity contribution >= 4 is 23.5 Å². The van der Waals surface area contributed by atoms with Crippen molar-refractivity contribution in [3.8, 4) is 5.75 Å². The van der Waals surface area contributed by atoms with E-state index in [-0.39, 0.29) is 21.9 Å². The molecule has 0 aliphatic carbocycles. The number of hydrogen-bond acceptors (Lipinski definition) is 3. The van der Waals surface area contributed by atoms with Crippen LogP contribution in [0, 0.1) is 0 Å². The van der Waals surface area contributed by atoms with E-state index < -0.39 is 11.9 Å². The third kappa shape index (κ3) is 4.62. The molecular formula is C14H11ClO5. The van der Waals surface area contributed by atoms with Crippen LogP contribution >= 0.6 is 11.6 Å². The van der Waals surface area contributed by atoms with E-state index >= 15 is 0 Å². The van der Waals surface area contributed by atoms with Gasteiger partial charge < -0.3 is 15.3 Å². The van der Waals surface area contributed by atoms with Gasteiger partial charge in [-0.25, -0.2) is 9.59 Å². The highest BCUT2D eigenvalue weighted by molar-refractivity contribution is 6.33. The molecule has 0 spiro atoms. The molecule has 0 amide bonds. The van der Waals surface area contributed by atoms with Crippen molar-refractivity contribution in [3.63, 3.8) is 0 Å². The molecule has 2 aromatic carbocycles. The molecule has 0 saturated carbocycles. The Hall–Kier alpha value is -2.53. The van der Waals surface area contributed by atoms with E-state index in [2.05, 4.69) is 0 Å². The summed E-state index contributed by atoms with van der Waals surface area (Å²) in [4.78, 5) is 20.6. The molecule has 0 radical (unpaired) electrons. The van der Waals surface area contributed by atoms with E-state index in [1.165, 1.54) is 30.3 Å². The van der Waals surface area contributed by atoms with Gasteiger partial charge in [0, 0.05) is 0 Å². The lowest BCUT2D eigenvalue weighted by Gasteiger charge is -1.94. The van der Waals surface area contributed by atoms with Gasteiger partial charge >= 0.3 is 11.9 Å². The number of halogens is 1. The summed E-state index contributed by atoms with van der Waals surface area (Å²) >= 11 is 5.54. The number of phenolic OH excluding ortho intramolecular Hbond substituents is 1. The zero-order valence-electron chi connectivity index (χ0n) is 10.2. The molecule has 0 saturated heterocycles. The van der Waals surface area contributed by atoms with Gasteiger partial charge in [0.2, 0.25) is 0 Å². The first kappa shape index (κ1) is 15.5. The first-order chi connectivity index (χ1) is 9.41. The summed E-state index contributed by atoms with van der Waals surface area (Å²) in [6.45, 7) is 0. The van der Waals surface area contributed by atoms with Crippen LogP contribution in [0.4, 0.5) is 0 Å². The van der Waals surface area contributed by atoms with Gasteiger partial charge in [-0.2, -0.15) is 0 Å². The molecule has 0 aliphatic rings. The maximum absolute atomic E-state index is 10.3. The van der Waals surface area contributed by atoms with Crippen LogP contribution in [-0.2, 0) is 0 Å². The average Bonchev–Trinajstić information content (AvgIpc) is 2.40. The van der Waals surface area contributed by atoms with Gasteiger partial charge in [0.25, 0.3) is 0 Å². The molecule has 104 valence electrons. The van der Waals surface area contributed by atoms with Crippen LogP contribution < -0.4 is 0 Å². The SMILES string of the molecule is O=C(O)c1ccc(O)cc1.O=C(O)c1ccccc1Cl. The number of rotatable bonds is 2. The van der Waals surface area contributed by atoms with Crippen LogP contribution in [-0.4, -0.2) is 27.3 Å². The molecular weight excluding hydrogens is 284 g/mol. The van der Waals surface area contributed by atoms with Crippen LogP contribution in [0.25, 0.3) is 0 Å². The Kier molecular flexibility index (Phi) is 5.56. The minimum atomic E-state index is -0.995. The largest absolute Gasteiger partial charge is 0.508 e. The van der Waals surface area contributed by atoms with Gasteiger partial charge in [-0.1, -0.05) is 23.7 Å². The van der Waals surface area contributed by atoms with Crippen molar-refractivity contribution in [2.75, 3.05) is 0 Å². The van der Waals surface area contributed by atoms with Crippen molar-refractivity contribution in [1.82, 2.24) is 0 Å². The molecule has 2 aromatic rings. The highest BCUT2D eigenvalue weighted by Gasteiger charge is 2.04. The molecule has 0 aromatic heterocycles. The molecule has 3 N–H and O–H groups in total. The van der Waals surface area contributed by atoms with Crippen molar-refractivity contribution < 1.29 is 24.9 Å². The fraction of sp³-hybridized carbons (Fsp3) is 0. The first-order valence-electron chi connectivity index (χ1n) is 5.42. The fourth-order valence-corrected chi connectivity index (χ4v) is 1.46. The maximum Gasteiger partial charge on any atom is 0.337 e. The van der Waals surface area contributed by atoms with Gasteiger partial charge in [-0.15, -0.1) is 0 Å². The summed E-state index contributed by atoms with van der Waals surface area (Å²) in [5.74, 6) is -1.91. The number of phenols is 1. The monoisotopic (exact) mass is 294 g/mol. The van der Waals surface area contributed by atoms with E-state index in [1.807, 2.05) is 0 Å². The number of hydrogen-bond donors (Lipinski definition) is 3. The number of carbonyl (C=O) groups is 2. The molecule has 6 heteroatoms. The lowest BCUT2D eigenvalue weighted by Crippen LogP contribution is -1.95. The van der Waals surface area contributed by atoms with Gasteiger partial charge in [-0.3, -0.25) is 0 Å². The van der Waals surface area contributed by atoms with E-state index in [0.717, 1.165) is 0 Å². The van der Waals surface area contributed by atoms with Crippen molar-refractivity contribution in [2.45, 2.75) is 0 Å². The zero-order valence-corrected chi connectivity index (χ0v) is 10.9. The average molecular weight is 295 g/mol. The summed E-state index contributed by atoms with van der Waals surface area (Å²) in [7, 11) is 0. The Morgan fingerprint density at radius 3 is 1.80 bits per heavy atom. The van der Waals surface area contributed by atoms with Crippen molar-refractivity contribution in [1.29, 1.82) is 0 Å². The minimum Gasteiger partial charge on any atom is -0.508 e. The third-order valence-corrected chi connectivity index (χ3v) is 2.55. The zero-order chi connectivity index (χ0) is 15.1. The second-order valence-corrected chi connectivity index (χ2v) is 4.04. The van der Waals surface area contributed by atoms with E-state index in [9.17, 15) is 9.59 Å². The van der Waals surface area contributed by atoms with Crippen LogP contribution in [0.1, 0.15) is 20.7 Å². The summed E-state index contributed by atoms with van der Waals surface area (Å²) in [5, 5.41) is 25.9. The first-order valence-corrected chi connectivity index (χ1v) is 5.79. The van der Waals surface area contributed by atoms with Gasteiger partial charge in [0.15, 0.2) is 0 Å². The highest BCUT2D eigenvalue weighted by atomic mass is 35.5. The minimum absolute atomic E-state index is 0.0741. The number of carboxylic acids is 2. The second kappa shape index (κ2) is 7.16. The molecule has 0 aliphatic heterocycles. The fourth-order valence-electron chi connectivity index (χ4n) is 1.24. The summed E-state index contributed by atoms with van der Waals surface area (Å²) in [6.07, 6.45) is 0. The molecule has 0 bridgehead atoms. The van der Waals surface area contributed by atoms with Crippen LogP contribution in [0.2, 0.25) is 5.02 Å². The molecule has 0 unspecified atom stereocenters. The third-order valence-electron chi connectivity index (χ3n) is 2.22. The van der Waals surface area contributed by atoms with E-state index in [1.54, 1.807) is 18.2 Å². The van der Waals surface area contributed by atoms with Gasteiger partial charge in [0.1, 0.15) is 5.75 Å². The molecule has 0 atom stereocenters. The van der Waals surface area contributed by atoms with Gasteiger partial charge in [0.05, 0.1) is 16.1 Å². The quantitative estimate of drug-likeness (QED) is 0.791. The van der Waals surface area contributed by atoms with Crippen LogP contribution in [0.15, 0.2) is 48.5 Å². The van der Waals surface area contributed by atoms with E-state index in [4.69, 9.17) is 26.9 Å². The summed E-state index contributed by atoms with van der Waals surface area (Å²) in [5.41, 5.74) is 0.321. The molecule has 5 nitrogen and oxygen atoms in total. The van der Waals surface area contributed by atoms with Crippen LogP contribution in [0.5, 0.6) is 5.75 Å². The van der Waals surface area contributed by atoms with Crippen LogP contribution in [0.3, 0.4) is 0 Å². The molecule has 20 heavy (non-hydrogen) atoms. The Labute approximate surface area is 119 Å². The van der Waals surface area contributed by atoms with Crippen molar-refractivity contribution in [3.05, 3.63) is 64.7 Å². The predicted octanol–water partition coefficient (Wildman–Crippen LogP) is 3.13. The number of benzene rings is 2. The summed E-state index contributed by atoms with van der Waals surface area (Å²) < 4.78 is 0. The number of aromatic hydroxyl groups is 1. The maximum atomic E-state index is 10.3. The normalized spacial score (nSPS) is 9.25. The number of carboxylic acid groups (broad SMARTS) is 2. The molecule has 0 heterocycles. The molecule has 2 rings (SSSR count). The standard InChI is InChI=1S/C7H5ClO2.C7H6O3/c8-6-4-2-1-3-5(6)7(9)10;8-6-3-1-5(2-4-6)7(9)10/h1-4H,(H,9,10);1-4,8H,(H,9,10). The summed E-state index contributed by atoms with van der Waals surface area (Å²) in [6, 6.07) is 11.7. The smallest absolute Gasteiger partial charge is 0.337 e. The van der Waals surface area contributed by atoms with Gasteiger partial charge in [-0.05, 0) is 36.4 Å². The highest BCUT2D eigenvalue weighted by Crippen LogP contribution is 2.13. The Morgan fingerprint density at radius 1 is 0.850 bits per heavy atom. The lowest BCUT2D eigenvalue weighted by molar-refractivity contribution is 0.0686. The Morgan fingerprint density at radius 2 is 1.40 bits per heavy atom. The predicted molar refractivity (Wildman–Crippen MR) is 73.5 cm³/mol. The lowest BCUT2D eigenvalue weighted by atomic mass is 10.2. The Balaban J connectivity index is 0.000000200. The Bertz CT molecular complexity index is 607. The van der Waals surface area contributed by atoms with E-state index in [0.29, 0.717) is 0 Å². The molecule has 0 fully saturated rings. The number of aromatic carboxylic acids is 2. The van der Waals surface area contributed by atoms with Crippen molar-refractivity contribution in [2.24, 2.45) is 0 Å².